The fraction of sp³-hybridized carbons (Fsp3) is 0. The Morgan fingerprint density at radius 1 is 0.211 bits per heavy atom. The fourth-order valence-corrected chi connectivity index (χ4v) is 19.1. The summed E-state index contributed by atoms with van der Waals surface area (Å²) >= 11 is 7.58. The molecule has 0 spiro atoms. The van der Waals surface area contributed by atoms with Crippen molar-refractivity contribution in [3.05, 3.63) is 303 Å². The van der Waals surface area contributed by atoms with Crippen molar-refractivity contribution in [1.29, 1.82) is 0 Å². The molecule has 420 valence electrons. The van der Waals surface area contributed by atoms with Gasteiger partial charge in [-0.15, -0.1) is 45.3 Å². The van der Waals surface area contributed by atoms with Gasteiger partial charge in [0.25, 0.3) is 0 Å². The van der Waals surface area contributed by atoms with Gasteiger partial charge in [0.05, 0.1) is 31.5 Å². The van der Waals surface area contributed by atoms with Crippen LogP contribution in [0.4, 0.5) is 0 Å². The summed E-state index contributed by atoms with van der Waals surface area (Å²) in [7, 11) is 0. The maximum Gasteiger partial charge on any atom is 0.0734 e. The SMILES string of the molecule is c1ccc(-n2c3ccccc3c3sc4cccc(-c5ccc(-c6ccc7c(c6)sc6cc8ccccc8cc67)cc5)c4c32)cc1.c1ccc(-n2c3ccccc3c3sc4cccc(-c5ccc(-c6ccc7c(c6)sc6ccc8ccccc8c67)cc5)c4c32)cc1. The third-order valence-electron chi connectivity index (χ3n) is 18.4. The van der Waals surface area contributed by atoms with E-state index in [1.54, 1.807) is 0 Å². The first-order chi connectivity index (χ1) is 44.6. The average molecular weight is 1220 g/mol. The van der Waals surface area contributed by atoms with Gasteiger partial charge in [-0.1, -0.05) is 224 Å². The Bertz CT molecular complexity index is 6250. The normalized spacial score (nSPS) is 12.0. The number of fused-ring (bicyclic) bond motifs is 19. The van der Waals surface area contributed by atoms with Gasteiger partial charge < -0.3 is 9.13 Å². The lowest BCUT2D eigenvalue weighted by molar-refractivity contribution is 1.19. The highest BCUT2D eigenvalue weighted by molar-refractivity contribution is 7.27. The van der Waals surface area contributed by atoms with Crippen LogP contribution in [0.2, 0.25) is 0 Å². The molecule has 0 aliphatic carbocycles. The lowest BCUT2D eigenvalue weighted by Crippen LogP contribution is -1.93. The van der Waals surface area contributed by atoms with E-state index in [0.29, 0.717) is 0 Å². The first kappa shape index (κ1) is 51.6. The van der Waals surface area contributed by atoms with Gasteiger partial charge in [0.1, 0.15) is 0 Å². The van der Waals surface area contributed by atoms with Crippen LogP contribution in [0.3, 0.4) is 0 Å². The second-order valence-electron chi connectivity index (χ2n) is 23.4. The summed E-state index contributed by atoms with van der Waals surface area (Å²) in [5, 5.41) is 15.9. The molecule has 0 bridgehead atoms. The minimum Gasteiger partial charge on any atom is -0.308 e. The minimum absolute atomic E-state index is 1.19. The topological polar surface area (TPSA) is 9.86 Å². The molecule has 0 saturated carbocycles. The van der Waals surface area contributed by atoms with Crippen LogP contribution < -0.4 is 0 Å². The molecule has 0 atom stereocenters. The number of nitrogens with zero attached hydrogens (tertiary/aromatic N) is 2. The highest BCUT2D eigenvalue weighted by Gasteiger charge is 2.23. The number of para-hydroxylation sites is 4. The smallest absolute Gasteiger partial charge is 0.0734 e. The molecule has 0 unspecified atom stereocenters. The van der Waals surface area contributed by atoms with E-state index in [1.807, 2.05) is 45.3 Å². The van der Waals surface area contributed by atoms with Crippen molar-refractivity contribution in [1.82, 2.24) is 9.13 Å². The highest BCUT2D eigenvalue weighted by atomic mass is 32.1. The number of benzene rings is 14. The number of thiophene rings is 4. The molecule has 14 aromatic carbocycles. The molecule has 6 heteroatoms. The molecule has 2 nitrogen and oxygen atoms in total. The molecule has 6 aromatic heterocycles. The number of hydrogen-bond acceptors (Lipinski definition) is 4. The van der Waals surface area contributed by atoms with E-state index in [-0.39, 0.29) is 0 Å². The molecule has 20 aromatic rings. The van der Waals surface area contributed by atoms with E-state index < -0.39 is 0 Å². The molecule has 0 fully saturated rings. The van der Waals surface area contributed by atoms with Gasteiger partial charge in [-0.2, -0.15) is 0 Å². The maximum atomic E-state index is 2.45. The van der Waals surface area contributed by atoms with Gasteiger partial charge in [-0.05, 0) is 145 Å². The second kappa shape index (κ2) is 20.6. The molecular weight excluding hydrogens is 1170 g/mol. The van der Waals surface area contributed by atoms with Gasteiger partial charge in [0.2, 0.25) is 0 Å². The van der Waals surface area contributed by atoms with Gasteiger partial charge in [0, 0.05) is 82.7 Å². The molecule has 0 aliphatic heterocycles. The van der Waals surface area contributed by atoms with Crippen molar-refractivity contribution in [2.24, 2.45) is 0 Å². The van der Waals surface area contributed by atoms with Crippen LogP contribution in [0.25, 0.3) is 180 Å². The average Bonchev–Trinajstić information content (AvgIpc) is 1.60. The van der Waals surface area contributed by atoms with Crippen LogP contribution in [0.5, 0.6) is 0 Å². The first-order valence-corrected chi connectivity index (χ1v) is 33.8. The lowest BCUT2D eigenvalue weighted by Gasteiger charge is -2.11. The number of hydrogen-bond donors (Lipinski definition) is 0. The van der Waals surface area contributed by atoms with Crippen LogP contribution in [0.1, 0.15) is 0 Å². The molecule has 20 rings (SSSR count). The second-order valence-corrected chi connectivity index (χ2v) is 27.7. The first-order valence-electron chi connectivity index (χ1n) is 30.5. The predicted molar refractivity (Wildman–Crippen MR) is 395 cm³/mol. The van der Waals surface area contributed by atoms with Gasteiger partial charge >= 0.3 is 0 Å². The predicted octanol–water partition coefficient (Wildman–Crippen LogP) is 25.7. The van der Waals surface area contributed by atoms with Crippen LogP contribution in [-0.2, 0) is 0 Å². The number of aromatic nitrogens is 2. The van der Waals surface area contributed by atoms with E-state index in [2.05, 4.69) is 312 Å². The Morgan fingerprint density at radius 2 is 0.633 bits per heavy atom. The highest BCUT2D eigenvalue weighted by Crippen LogP contribution is 2.49. The maximum absolute atomic E-state index is 2.45. The summed E-state index contributed by atoms with van der Waals surface area (Å²) in [6, 6.07) is 111. The molecular formula is C84H50N2S4. The van der Waals surface area contributed by atoms with Crippen LogP contribution in [0.15, 0.2) is 303 Å². The van der Waals surface area contributed by atoms with Crippen molar-refractivity contribution >= 4 is 170 Å². The molecule has 0 aliphatic rings. The molecule has 6 heterocycles. The van der Waals surface area contributed by atoms with E-state index >= 15 is 0 Å². The third-order valence-corrected chi connectivity index (χ3v) is 23.0. The standard InChI is InChI=1S/2C42H25NS2/c1-2-11-31(12-3-1)43-36-15-7-6-13-34(36)42-41(43)40-32(14-8-16-37(40)45-42)27-19-17-26(18-20-27)30-21-22-33-35-23-28-9-4-5-10-29(28)24-39(35)44-38(33)25-30;1-2-10-30(11-3-1)43-35-15-7-6-13-33(35)42-41(43)40-32(14-8-16-36(40)45-42)28-19-17-26(18-20-28)29-21-23-34-38(25-29)44-37-24-22-27-9-4-5-12-31(27)39(34)37/h2*1-25H. The summed E-state index contributed by atoms with van der Waals surface area (Å²) in [6.45, 7) is 0. The Kier molecular flexibility index (Phi) is 11.8. The Morgan fingerprint density at radius 3 is 1.20 bits per heavy atom. The van der Waals surface area contributed by atoms with Crippen LogP contribution >= 0.6 is 45.3 Å². The van der Waals surface area contributed by atoms with E-state index in [4.69, 9.17) is 0 Å². The zero-order valence-corrected chi connectivity index (χ0v) is 51.7. The van der Waals surface area contributed by atoms with E-state index in [1.165, 1.54) is 180 Å². The van der Waals surface area contributed by atoms with Crippen LogP contribution in [-0.4, -0.2) is 9.13 Å². The Hall–Kier alpha value is -10.4. The molecule has 0 N–H and O–H groups in total. The quantitative estimate of drug-likeness (QED) is 0.157. The zero-order chi connectivity index (χ0) is 59.0. The Labute approximate surface area is 533 Å². The summed E-state index contributed by atoms with van der Waals surface area (Å²) in [4.78, 5) is 0. The zero-order valence-electron chi connectivity index (χ0n) is 48.4. The van der Waals surface area contributed by atoms with Crippen molar-refractivity contribution in [2.75, 3.05) is 0 Å². The van der Waals surface area contributed by atoms with Crippen molar-refractivity contribution in [3.63, 3.8) is 0 Å². The summed E-state index contributed by atoms with van der Waals surface area (Å²) in [5.74, 6) is 0. The summed E-state index contributed by atoms with van der Waals surface area (Å²) in [6.07, 6.45) is 0. The summed E-state index contributed by atoms with van der Waals surface area (Å²) < 4.78 is 15.6. The molecule has 0 saturated heterocycles. The number of rotatable bonds is 6. The Balaban J connectivity index is 0.000000130. The monoisotopic (exact) mass is 1210 g/mol. The van der Waals surface area contributed by atoms with Gasteiger partial charge in [-0.25, -0.2) is 0 Å². The molecule has 0 amide bonds. The van der Waals surface area contributed by atoms with Crippen molar-refractivity contribution < 1.29 is 0 Å². The van der Waals surface area contributed by atoms with Crippen molar-refractivity contribution in [3.8, 4) is 55.9 Å². The van der Waals surface area contributed by atoms with Gasteiger partial charge in [-0.3, -0.25) is 0 Å². The van der Waals surface area contributed by atoms with Gasteiger partial charge in [0.15, 0.2) is 0 Å². The van der Waals surface area contributed by atoms with Crippen molar-refractivity contribution in [2.45, 2.75) is 0 Å². The van der Waals surface area contributed by atoms with E-state index in [0.717, 1.165) is 0 Å². The van der Waals surface area contributed by atoms with E-state index in [9.17, 15) is 0 Å². The summed E-state index contributed by atoms with van der Waals surface area (Å²) in [5.41, 5.74) is 17.5. The third kappa shape index (κ3) is 8.12. The largest absolute Gasteiger partial charge is 0.308 e. The molecule has 90 heavy (non-hydrogen) atoms. The lowest BCUT2D eigenvalue weighted by atomic mass is 9.97. The minimum atomic E-state index is 1.19. The fourth-order valence-electron chi connectivity index (χ4n) is 14.2. The molecule has 0 radical (unpaired) electrons. The van der Waals surface area contributed by atoms with Crippen LogP contribution in [0, 0.1) is 0 Å².